The Labute approximate surface area is 180 Å². The molecule has 0 amide bonds. The SMILES string of the molecule is CCCCCCCC1OC23CCC(C(C)(C)C)CC2C(C#N)(C(=N)O3)C1(C#N)C#N. The quantitative estimate of drug-likeness (QED) is 0.584. The average Bonchev–Trinajstić information content (AvgIpc) is 2.91. The molecule has 30 heavy (non-hydrogen) atoms. The van der Waals surface area contributed by atoms with Crippen molar-refractivity contribution < 1.29 is 9.47 Å². The lowest BCUT2D eigenvalue weighted by molar-refractivity contribution is -0.299. The summed E-state index contributed by atoms with van der Waals surface area (Å²) >= 11 is 0. The molecule has 1 aliphatic carbocycles. The van der Waals surface area contributed by atoms with Crippen LogP contribution in [0.15, 0.2) is 0 Å². The van der Waals surface area contributed by atoms with Gasteiger partial charge in [-0.3, -0.25) is 5.41 Å². The number of nitriles is 3. The highest BCUT2D eigenvalue weighted by Gasteiger charge is 2.80. The molecule has 0 aromatic rings. The molecule has 1 N–H and O–H groups in total. The fraction of sp³-hybridized carbons (Fsp3) is 0.833. The van der Waals surface area contributed by atoms with Gasteiger partial charge in [0, 0.05) is 6.42 Å². The number of ether oxygens (including phenoxy) is 2. The molecule has 5 unspecified atom stereocenters. The van der Waals surface area contributed by atoms with Crippen LogP contribution in [0.3, 0.4) is 0 Å². The second kappa shape index (κ2) is 7.86. The van der Waals surface area contributed by atoms with Crippen LogP contribution >= 0.6 is 0 Å². The zero-order chi connectivity index (χ0) is 22.2. The summed E-state index contributed by atoms with van der Waals surface area (Å²) in [5.41, 5.74) is -3.28. The summed E-state index contributed by atoms with van der Waals surface area (Å²) in [5.74, 6) is -1.47. The van der Waals surface area contributed by atoms with Crippen LogP contribution in [0.1, 0.15) is 85.5 Å². The molecule has 0 spiro atoms. The maximum Gasteiger partial charge on any atom is 0.217 e. The monoisotopic (exact) mass is 410 g/mol. The minimum Gasteiger partial charge on any atom is -0.447 e. The third-order valence-electron chi connectivity index (χ3n) is 7.82. The average molecular weight is 411 g/mol. The van der Waals surface area contributed by atoms with E-state index in [0.717, 1.165) is 38.5 Å². The largest absolute Gasteiger partial charge is 0.447 e. The molecule has 1 saturated carbocycles. The summed E-state index contributed by atoms with van der Waals surface area (Å²) in [6, 6.07) is 6.63. The smallest absolute Gasteiger partial charge is 0.217 e. The molecule has 0 radical (unpaired) electrons. The number of hydrogen-bond donors (Lipinski definition) is 1. The van der Waals surface area contributed by atoms with Crippen LogP contribution < -0.4 is 0 Å². The number of unbranched alkanes of at least 4 members (excludes halogenated alkanes) is 4. The van der Waals surface area contributed by atoms with E-state index < -0.39 is 28.6 Å². The Balaban J connectivity index is 2.00. The lowest BCUT2D eigenvalue weighted by atomic mass is 9.49. The Morgan fingerprint density at radius 1 is 1.07 bits per heavy atom. The van der Waals surface area contributed by atoms with Gasteiger partial charge in [-0.05, 0) is 30.6 Å². The molecule has 3 rings (SSSR count). The number of hydrogen-bond acceptors (Lipinski definition) is 6. The predicted molar refractivity (Wildman–Crippen MR) is 112 cm³/mol. The number of nitrogens with zero attached hydrogens (tertiary/aromatic N) is 3. The van der Waals surface area contributed by atoms with Gasteiger partial charge >= 0.3 is 0 Å². The Kier molecular flexibility index (Phi) is 5.92. The number of rotatable bonds is 6. The van der Waals surface area contributed by atoms with E-state index in [4.69, 9.17) is 14.9 Å². The van der Waals surface area contributed by atoms with Gasteiger partial charge in [0.15, 0.2) is 10.8 Å². The molecular weight excluding hydrogens is 376 g/mol. The van der Waals surface area contributed by atoms with Crippen LogP contribution in [0.5, 0.6) is 0 Å². The Morgan fingerprint density at radius 2 is 1.73 bits per heavy atom. The van der Waals surface area contributed by atoms with Crippen LogP contribution in [-0.4, -0.2) is 17.8 Å². The normalized spacial score (nSPS) is 36.7. The highest BCUT2D eigenvalue weighted by atomic mass is 16.7. The molecule has 162 valence electrons. The summed E-state index contributed by atoms with van der Waals surface area (Å²) in [5, 5.41) is 39.5. The second-order valence-corrected chi connectivity index (χ2v) is 10.4. The zero-order valence-corrected chi connectivity index (χ0v) is 18.8. The minimum absolute atomic E-state index is 0.0258. The first kappa shape index (κ1) is 22.6. The molecule has 0 aromatic heterocycles. The van der Waals surface area contributed by atoms with Crippen molar-refractivity contribution in [1.29, 1.82) is 21.2 Å². The van der Waals surface area contributed by atoms with E-state index >= 15 is 0 Å². The molecular formula is C24H34N4O2. The Bertz CT molecular complexity index is 797. The third kappa shape index (κ3) is 3.02. The molecule has 0 aromatic carbocycles. The van der Waals surface area contributed by atoms with Gasteiger partial charge in [-0.25, -0.2) is 0 Å². The van der Waals surface area contributed by atoms with E-state index in [9.17, 15) is 15.8 Å². The van der Waals surface area contributed by atoms with E-state index in [1.165, 1.54) is 0 Å². The van der Waals surface area contributed by atoms with Gasteiger partial charge in [-0.15, -0.1) is 0 Å². The summed E-state index contributed by atoms with van der Waals surface area (Å²) in [7, 11) is 0. The number of nitrogens with one attached hydrogen (secondary N) is 1. The van der Waals surface area contributed by atoms with Crippen LogP contribution in [0.4, 0.5) is 0 Å². The summed E-state index contributed by atoms with van der Waals surface area (Å²) in [4.78, 5) is 0. The molecule has 3 aliphatic rings. The Morgan fingerprint density at radius 3 is 2.30 bits per heavy atom. The van der Waals surface area contributed by atoms with E-state index in [1.54, 1.807) is 0 Å². The second-order valence-electron chi connectivity index (χ2n) is 10.4. The topological polar surface area (TPSA) is 114 Å². The highest BCUT2D eigenvalue weighted by molar-refractivity contribution is 5.89. The van der Waals surface area contributed by atoms with Crippen molar-refractivity contribution in [1.82, 2.24) is 0 Å². The van der Waals surface area contributed by atoms with Crippen molar-refractivity contribution in [2.24, 2.45) is 28.1 Å². The van der Waals surface area contributed by atoms with Gasteiger partial charge in [-0.2, -0.15) is 15.8 Å². The minimum atomic E-state index is -1.73. The lowest BCUT2D eigenvalue weighted by Gasteiger charge is -2.54. The maximum atomic E-state index is 10.4. The van der Waals surface area contributed by atoms with Gasteiger partial charge in [0.1, 0.15) is 0 Å². The standard InChI is InChI=1S/C24H34N4O2/c1-5-6-7-8-9-10-19-22(14-25,15-26)23(16-27)18-13-17(21(2,3)4)11-12-24(18,29-19)30-20(23)28/h17-19,28H,5-13H2,1-4H3. The van der Waals surface area contributed by atoms with E-state index in [2.05, 4.69) is 45.9 Å². The first-order valence-corrected chi connectivity index (χ1v) is 11.4. The van der Waals surface area contributed by atoms with Gasteiger partial charge in [-0.1, -0.05) is 59.8 Å². The fourth-order valence-electron chi connectivity index (χ4n) is 5.93. The summed E-state index contributed by atoms with van der Waals surface area (Å²) in [6.45, 7) is 8.68. The van der Waals surface area contributed by atoms with Crippen molar-refractivity contribution in [3.63, 3.8) is 0 Å². The Hall–Kier alpha value is -2.10. The molecule has 2 aliphatic heterocycles. The van der Waals surface area contributed by atoms with Crippen molar-refractivity contribution in [2.45, 2.75) is 97.4 Å². The molecule has 2 heterocycles. The molecule has 6 heteroatoms. The van der Waals surface area contributed by atoms with Crippen LogP contribution in [0.2, 0.25) is 0 Å². The van der Waals surface area contributed by atoms with E-state index in [0.29, 0.717) is 25.2 Å². The van der Waals surface area contributed by atoms with Gasteiger partial charge in [0.25, 0.3) is 0 Å². The molecule has 5 atom stereocenters. The third-order valence-corrected chi connectivity index (χ3v) is 7.82. The zero-order valence-electron chi connectivity index (χ0n) is 18.8. The van der Waals surface area contributed by atoms with Crippen molar-refractivity contribution in [3.8, 4) is 18.2 Å². The van der Waals surface area contributed by atoms with Crippen molar-refractivity contribution in [2.75, 3.05) is 0 Å². The van der Waals surface area contributed by atoms with Gasteiger partial charge in [0.05, 0.1) is 30.2 Å². The summed E-state index contributed by atoms with van der Waals surface area (Å²) < 4.78 is 12.5. The van der Waals surface area contributed by atoms with Crippen LogP contribution in [0.25, 0.3) is 0 Å². The molecule has 6 nitrogen and oxygen atoms in total. The summed E-state index contributed by atoms with van der Waals surface area (Å²) in [6.07, 6.45) is 7.12. The maximum absolute atomic E-state index is 10.4. The lowest BCUT2D eigenvalue weighted by Crippen LogP contribution is -2.64. The molecule has 2 bridgehead atoms. The highest BCUT2D eigenvalue weighted by Crippen LogP contribution is 2.68. The van der Waals surface area contributed by atoms with Crippen molar-refractivity contribution in [3.05, 3.63) is 0 Å². The van der Waals surface area contributed by atoms with Gasteiger partial charge in [0.2, 0.25) is 11.7 Å². The van der Waals surface area contributed by atoms with E-state index in [1.807, 2.05) is 0 Å². The first-order valence-electron chi connectivity index (χ1n) is 11.4. The molecule has 2 saturated heterocycles. The first-order chi connectivity index (χ1) is 14.2. The van der Waals surface area contributed by atoms with Gasteiger partial charge < -0.3 is 9.47 Å². The fourth-order valence-corrected chi connectivity index (χ4v) is 5.93. The van der Waals surface area contributed by atoms with Crippen LogP contribution in [0, 0.1) is 67.5 Å². The van der Waals surface area contributed by atoms with Crippen molar-refractivity contribution >= 4 is 5.90 Å². The van der Waals surface area contributed by atoms with E-state index in [-0.39, 0.29) is 11.3 Å². The van der Waals surface area contributed by atoms with Crippen LogP contribution in [-0.2, 0) is 9.47 Å². The predicted octanol–water partition coefficient (Wildman–Crippen LogP) is 5.46. The molecule has 3 fully saturated rings.